The van der Waals surface area contributed by atoms with Gasteiger partial charge >= 0.3 is 5.00 Å². The van der Waals surface area contributed by atoms with Crippen molar-refractivity contribution in [2.45, 2.75) is 5.22 Å². The summed E-state index contributed by atoms with van der Waals surface area (Å²) in [7, 11) is 1.56. The van der Waals surface area contributed by atoms with E-state index in [9.17, 15) is 14.9 Å². The Morgan fingerprint density at radius 3 is 3.04 bits per heavy atom. The second-order valence-corrected chi connectivity index (χ2v) is 6.64. The van der Waals surface area contributed by atoms with Crippen molar-refractivity contribution >= 4 is 39.1 Å². The van der Waals surface area contributed by atoms with Crippen LogP contribution >= 0.6 is 23.1 Å². The fourth-order valence-electron chi connectivity index (χ4n) is 1.83. The number of hydrogen-bond donors (Lipinski definition) is 1. The highest BCUT2D eigenvalue weighted by Crippen LogP contribution is 2.27. The maximum atomic E-state index is 11.9. The molecule has 0 radical (unpaired) electrons. The normalized spacial score (nSPS) is 10.5. The van der Waals surface area contributed by atoms with Gasteiger partial charge in [0.25, 0.3) is 5.22 Å². The van der Waals surface area contributed by atoms with E-state index in [1.165, 1.54) is 0 Å². The van der Waals surface area contributed by atoms with Gasteiger partial charge < -0.3 is 14.5 Å². The molecule has 2 aromatic heterocycles. The third-order valence-corrected chi connectivity index (χ3v) is 4.65. The molecule has 0 aliphatic rings. The van der Waals surface area contributed by atoms with Gasteiger partial charge in [-0.25, -0.2) is 4.98 Å². The zero-order chi connectivity index (χ0) is 18.5. The zero-order valence-electron chi connectivity index (χ0n) is 13.2. The molecule has 0 bridgehead atoms. The van der Waals surface area contributed by atoms with E-state index < -0.39 is 4.92 Å². The first-order chi connectivity index (χ1) is 12.5. The van der Waals surface area contributed by atoms with E-state index in [2.05, 4.69) is 20.5 Å². The Morgan fingerprint density at radius 1 is 1.46 bits per heavy atom. The standard InChI is InChI=1S/C14H11N5O5S2/c1-23-9-4-2-3-8(5-9)12-17-18-14(24-12)25-7-10(20)16-13-15-6-11(26-13)19(21)22/h2-6H,7H2,1H3,(H,15,16,20). The van der Waals surface area contributed by atoms with Crippen LogP contribution in [0.15, 0.2) is 40.1 Å². The highest BCUT2D eigenvalue weighted by Gasteiger charge is 2.15. The number of thiazole rings is 1. The van der Waals surface area contributed by atoms with Crippen LogP contribution in [-0.4, -0.2) is 38.9 Å². The lowest BCUT2D eigenvalue weighted by Crippen LogP contribution is -2.13. The summed E-state index contributed by atoms with van der Waals surface area (Å²) in [4.78, 5) is 25.7. The number of anilines is 1. The average molecular weight is 393 g/mol. The highest BCUT2D eigenvalue weighted by molar-refractivity contribution is 7.99. The van der Waals surface area contributed by atoms with Gasteiger partial charge in [0.05, 0.1) is 17.8 Å². The third kappa shape index (κ3) is 4.34. The number of nitrogens with zero attached hydrogens (tertiary/aromatic N) is 4. The number of carbonyl (C=O) groups excluding carboxylic acids is 1. The summed E-state index contributed by atoms with van der Waals surface area (Å²) in [6.07, 6.45) is 1.09. The number of thioether (sulfide) groups is 1. The summed E-state index contributed by atoms with van der Waals surface area (Å²) in [6, 6.07) is 7.14. The lowest BCUT2D eigenvalue weighted by atomic mass is 10.2. The number of nitro groups is 1. The lowest BCUT2D eigenvalue weighted by molar-refractivity contribution is -0.380. The predicted molar refractivity (Wildman–Crippen MR) is 94.4 cm³/mol. The molecule has 0 atom stereocenters. The van der Waals surface area contributed by atoms with Gasteiger partial charge in [0, 0.05) is 5.56 Å². The lowest BCUT2D eigenvalue weighted by Gasteiger charge is -2.00. The van der Waals surface area contributed by atoms with Gasteiger partial charge in [-0.15, -0.1) is 10.2 Å². The minimum atomic E-state index is -0.569. The predicted octanol–water partition coefficient (Wildman–Crippen LogP) is 2.84. The molecule has 0 saturated carbocycles. The topological polar surface area (TPSA) is 133 Å². The van der Waals surface area contributed by atoms with Crippen molar-refractivity contribution in [1.82, 2.24) is 15.2 Å². The molecular weight excluding hydrogens is 382 g/mol. The second-order valence-electron chi connectivity index (χ2n) is 4.70. The number of amides is 1. The molecule has 1 N–H and O–H groups in total. The highest BCUT2D eigenvalue weighted by atomic mass is 32.2. The number of methoxy groups -OCH3 is 1. The summed E-state index contributed by atoms with van der Waals surface area (Å²) in [6.45, 7) is 0. The van der Waals surface area contributed by atoms with Gasteiger partial charge in [0.2, 0.25) is 11.8 Å². The molecule has 3 rings (SSSR count). The van der Waals surface area contributed by atoms with Gasteiger partial charge in [-0.2, -0.15) is 0 Å². The molecule has 1 amide bonds. The Balaban J connectivity index is 1.57. The van der Waals surface area contributed by atoms with Crippen LogP contribution < -0.4 is 10.1 Å². The van der Waals surface area contributed by atoms with E-state index >= 15 is 0 Å². The smallest absolute Gasteiger partial charge is 0.345 e. The van der Waals surface area contributed by atoms with E-state index in [-0.39, 0.29) is 27.0 Å². The molecule has 0 saturated heterocycles. The minimum Gasteiger partial charge on any atom is -0.497 e. The Kier molecular flexibility index (Phi) is 5.43. The number of benzene rings is 1. The van der Waals surface area contributed by atoms with Crippen molar-refractivity contribution in [3.05, 3.63) is 40.6 Å². The molecule has 0 aliphatic heterocycles. The minimum absolute atomic E-state index is 0.00682. The van der Waals surface area contributed by atoms with Gasteiger partial charge in [-0.3, -0.25) is 14.9 Å². The van der Waals surface area contributed by atoms with E-state index in [4.69, 9.17) is 9.15 Å². The molecule has 134 valence electrons. The van der Waals surface area contributed by atoms with E-state index in [0.29, 0.717) is 17.2 Å². The Morgan fingerprint density at radius 2 is 2.31 bits per heavy atom. The van der Waals surface area contributed by atoms with E-state index in [1.54, 1.807) is 31.4 Å². The number of aromatic nitrogens is 3. The van der Waals surface area contributed by atoms with Crippen molar-refractivity contribution in [3.8, 4) is 17.2 Å². The van der Waals surface area contributed by atoms with Crippen molar-refractivity contribution in [3.63, 3.8) is 0 Å². The number of ether oxygens (including phenoxy) is 1. The summed E-state index contributed by atoms with van der Waals surface area (Å²) in [5.41, 5.74) is 0.697. The molecule has 1 aromatic carbocycles. The summed E-state index contributed by atoms with van der Waals surface area (Å²) in [5.74, 6) is 0.571. The van der Waals surface area contributed by atoms with Gasteiger partial charge in [-0.05, 0) is 29.5 Å². The molecule has 3 aromatic rings. The maximum absolute atomic E-state index is 11.9. The number of carbonyl (C=O) groups is 1. The van der Waals surface area contributed by atoms with Crippen LogP contribution in [0.25, 0.3) is 11.5 Å². The Hall–Kier alpha value is -2.99. The maximum Gasteiger partial charge on any atom is 0.345 e. The summed E-state index contributed by atoms with van der Waals surface area (Å²) in [5, 5.41) is 21.1. The molecule has 0 fully saturated rings. The van der Waals surface area contributed by atoms with Gasteiger partial charge in [-0.1, -0.05) is 17.8 Å². The van der Waals surface area contributed by atoms with Crippen LogP contribution in [0.2, 0.25) is 0 Å². The van der Waals surface area contributed by atoms with Gasteiger partial charge in [0.15, 0.2) is 5.13 Å². The monoisotopic (exact) mass is 393 g/mol. The molecule has 2 heterocycles. The van der Waals surface area contributed by atoms with Crippen molar-refractivity contribution in [2.24, 2.45) is 0 Å². The van der Waals surface area contributed by atoms with E-state index in [0.717, 1.165) is 29.3 Å². The SMILES string of the molecule is COc1cccc(-c2nnc(SCC(=O)Nc3ncc([N+](=O)[O-])s3)o2)c1. The fraction of sp³-hybridized carbons (Fsp3) is 0.143. The fourth-order valence-corrected chi connectivity index (χ4v) is 3.04. The van der Waals surface area contributed by atoms with Crippen LogP contribution in [0.1, 0.15) is 0 Å². The average Bonchev–Trinajstić information content (AvgIpc) is 3.29. The molecule has 26 heavy (non-hydrogen) atoms. The Bertz CT molecular complexity index is 941. The van der Waals surface area contributed by atoms with E-state index in [1.807, 2.05) is 0 Å². The first kappa shape index (κ1) is 17.8. The number of nitrogens with one attached hydrogen (secondary N) is 1. The molecule has 0 aliphatic carbocycles. The number of hydrogen-bond acceptors (Lipinski definition) is 10. The number of rotatable bonds is 7. The quantitative estimate of drug-likeness (QED) is 0.365. The first-order valence-corrected chi connectivity index (χ1v) is 8.86. The molecule has 12 heteroatoms. The largest absolute Gasteiger partial charge is 0.497 e. The summed E-state index contributed by atoms with van der Waals surface area (Å²) < 4.78 is 10.6. The van der Waals surface area contributed by atoms with Gasteiger partial charge in [0.1, 0.15) is 11.9 Å². The molecule has 10 nitrogen and oxygen atoms in total. The van der Waals surface area contributed by atoms with Crippen LogP contribution in [-0.2, 0) is 4.79 Å². The molecular formula is C14H11N5O5S2. The van der Waals surface area contributed by atoms with Crippen LogP contribution in [0.3, 0.4) is 0 Å². The first-order valence-electron chi connectivity index (χ1n) is 7.06. The van der Waals surface area contributed by atoms with Crippen molar-refractivity contribution < 1.29 is 18.9 Å². The summed E-state index contributed by atoms with van der Waals surface area (Å²) >= 11 is 1.83. The molecule has 0 spiro atoms. The second kappa shape index (κ2) is 7.93. The third-order valence-electron chi connectivity index (χ3n) is 2.97. The van der Waals surface area contributed by atoms with Crippen LogP contribution in [0, 0.1) is 10.1 Å². The van der Waals surface area contributed by atoms with Crippen molar-refractivity contribution in [2.75, 3.05) is 18.2 Å². The van der Waals surface area contributed by atoms with Crippen LogP contribution in [0.5, 0.6) is 5.75 Å². The van der Waals surface area contributed by atoms with Crippen molar-refractivity contribution in [1.29, 1.82) is 0 Å². The zero-order valence-corrected chi connectivity index (χ0v) is 14.9. The Labute approximate surface area is 154 Å². The van der Waals surface area contributed by atoms with Crippen LogP contribution in [0.4, 0.5) is 10.1 Å². The molecule has 0 unspecified atom stereocenters.